The highest BCUT2D eigenvalue weighted by atomic mass is 19.1. The third-order valence-electron chi connectivity index (χ3n) is 6.99. The van der Waals surface area contributed by atoms with Crippen LogP contribution in [0.5, 0.6) is 0 Å². The van der Waals surface area contributed by atoms with Gasteiger partial charge in [0.1, 0.15) is 23.8 Å². The fraction of sp³-hybridized carbons (Fsp3) is 0.348. The van der Waals surface area contributed by atoms with Crippen LogP contribution in [-0.4, -0.2) is 51.8 Å². The largest absolute Gasteiger partial charge is 0.442 e. The number of nitrogens with zero attached hydrogens (tertiary/aromatic N) is 6. The van der Waals surface area contributed by atoms with Crippen molar-refractivity contribution in [2.45, 2.75) is 18.2 Å². The molecular weight excluding hydrogens is 444 g/mol. The van der Waals surface area contributed by atoms with Crippen molar-refractivity contribution in [3.63, 3.8) is 0 Å². The molecule has 6 rings (SSSR count). The summed E-state index contributed by atoms with van der Waals surface area (Å²) in [6.45, 7) is 9.46. The highest BCUT2D eigenvalue weighted by Crippen LogP contribution is 2.62. The van der Waals surface area contributed by atoms with Gasteiger partial charge in [-0.15, -0.1) is 5.10 Å². The van der Waals surface area contributed by atoms with Gasteiger partial charge in [-0.3, -0.25) is 9.88 Å². The number of ether oxygens (including phenoxy) is 1. The van der Waals surface area contributed by atoms with Crippen molar-refractivity contribution in [1.29, 1.82) is 0 Å². The molecule has 4 heterocycles. The van der Waals surface area contributed by atoms with E-state index in [0.717, 1.165) is 29.7 Å². The van der Waals surface area contributed by atoms with Gasteiger partial charge in [-0.05, 0) is 24.3 Å². The van der Waals surface area contributed by atoms with E-state index in [1.807, 2.05) is 6.07 Å². The van der Waals surface area contributed by atoms with Gasteiger partial charge in [-0.25, -0.2) is 20.4 Å². The van der Waals surface area contributed by atoms with Gasteiger partial charge < -0.3 is 14.9 Å². The number of piperidine rings is 1. The molecule has 1 aromatic carbocycles. The van der Waals surface area contributed by atoms with Crippen LogP contribution in [0, 0.1) is 30.2 Å². The van der Waals surface area contributed by atoms with Crippen LogP contribution in [0.25, 0.3) is 16.0 Å². The third-order valence-corrected chi connectivity index (χ3v) is 6.99. The minimum absolute atomic E-state index is 0.0104. The lowest BCUT2D eigenvalue weighted by atomic mass is 10.0. The van der Waals surface area contributed by atoms with E-state index in [1.165, 1.54) is 11.0 Å². The molecule has 172 valence electrons. The summed E-state index contributed by atoms with van der Waals surface area (Å²) in [6, 6.07) is 8.07. The van der Waals surface area contributed by atoms with Crippen LogP contribution in [0.4, 0.5) is 19.3 Å². The average Bonchev–Trinajstić information content (AvgIpc) is 3.29. The molecule has 11 heteroatoms. The van der Waals surface area contributed by atoms with E-state index >= 15 is 4.39 Å². The molecule has 2 saturated heterocycles. The van der Waals surface area contributed by atoms with E-state index in [-0.39, 0.29) is 24.9 Å². The molecule has 1 unspecified atom stereocenters. The summed E-state index contributed by atoms with van der Waals surface area (Å²) in [5, 5.41) is 10.4. The van der Waals surface area contributed by atoms with Crippen LogP contribution in [0.2, 0.25) is 0 Å². The van der Waals surface area contributed by atoms with E-state index in [4.69, 9.17) is 11.3 Å². The molecule has 1 aliphatic carbocycles. The highest BCUT2D eigenvalue weighted by molar-refractivity contribution is 5.90. The molecule has 2 aromatic heterocycles. The number of benzene rings is 1. The van der Waals surface area contributed by atoms with E-state index < -0.39 is 29.5 Å². The molecular formula is C23H19F2N7O2. The second-order valence-electron chi connectivity index (χ2n) is 8.76. The monoisotopic (exact) mass is 463 g/mol. The number of nitrogens with one attached hydrogen (secondary N) is 1. The molecule has 4 atom stereocenters. The Kier molecular flexibility index (Phi) is 4.60. The van der Waals surface area contributed by atoms with Crippen molar-refractivity contribution in [1.82, 2.24) is 25.3 Å². The maximum absolute atomic E-state index is 15.0. The molecule has 3 fully saturated rings. The fourth-order valence-electron chi connectivity index (χ4n) is 5.20. The molecule has 2 aliphatic heterocycles. The molecule has 9 nitrogen and oxygen atoms in total. The van der Waals surface area contributed by atoms with Crippen molar-refractivity contribution in [2.75, 3.05) is 24.5 Å². The van der Waals surface area contributed by atoms with Crippen molar-refractivity contribution in [3.05, 3.63) is 71.6 Å². The van der Waals surface area contributed by atoms with Crippen molar-refractivity contribution in [2.24, 2.45) is 11.8 Å². The Labute approximate surface area is 193 Å². The number of amides is 1. The first kappa shape index (κ1) is 20.7. The van der Waals surface area contributed by atoms with E-state index in [1.54, 1.807) is 24.4 Å². The third kappa shape index (κ3) is 3.06. The SMILES string of the molecule is [C-]#[N+]C1(c2ccc(-c3ccc(N4C[C@H](Cn5nncc5F)OC4=O)cc3F)cn2)[C@@H]2CNC[C@@H]21. The van der Waals surface area contributed by atoms with Gasteiger partial charge in [-0.1, -0.05) is 11.3 Å². The van der Waals surface area contributed by atoms with Crippen LogP contribution in [0.3, 0.4) is 0 Å². The molecule has 0 spiro atoms. The topological polar surface area (TPSA) is 89.5 Å². The van der Waals surface area contributed by atoms with Crippen LogP contribution < -0.4 is 10.2 Å². The lowest BCUT2D eigenvalue weighted by Gasteiger charge is -2.15. The number of halogens is 2. The number of rotatable bonds is 5. The summed E-state index contributed by atoms with van der Waals surface area (Å²) in [5.74, 6) is -0.583. The van der Waals surface area contributed by atoms with Gasteiger partial charge in [0.15, 0.2) is 0 Å². The molecule has 0 bridgehead atoms. The lowest BCUT2D eigenvalue weighted by molar-refractivity contribution is 0.126. The van der Waals surface area contributed by atoms with E-state index in [2.05, 4.69) is 25.5 Å². The number of hydrogen-bond acceptors (Lipinski definition) is 6. The average molecular weight is 463 g/mol. The molecule has 3 aliphatic rings. The number of fused-ring (bicyclic) bond motifs is 1. The first-order valence-corrected chi connectivity index (χ1v) is 10.9. The van der Waals surface area contributed by atoms with Crippen LogP contribution in [-0.2, 0) is 16.8 Å². The zero-order chi connectivity index (χ0) is 23.4. The Morgan fingerprint density at radius 3 is 2.68 bits per heavy atom. The smallest absolute Gasteiger partial charge is 0.414 e. The molecule has 0 radical (unpaired) electrons. The zero-order valence-electron chi connectivity index (χ0n) is 17.9. The quantitative estimate of drug-likeness (QED) is 0.586. The molecule has 3 aromatic rings. The maximum atomic E-state index is 15.0. The van der Waals surface area contributed by atoms with Crippen LogP contribution >= 0.6 is 0 Å². The summed E-state index contributed by atoms with van der Waals surface area (Å²) in [7, 11) is 0. The Bertz CT molecular complexity index is 1310. The standard InChI is InChI=1S/C23H19F2N7O2/c1-26-23(17-8-27-9-18(17)23)20-5-2-13(7-28-20)16-4-3-14(6-19(16)24)31-11-15(34-22(31)33)12-32-21(25)10-29-30-32/h2-7,10,15,17-18,27H,8-9,11-12H2/t15-,17-,18+,23?/m1/s1. The fourth-order valence-corrected chi connectivity index (χ4v) is 5.20. The van der Waals surface area contributed by atoms with Crippen LogP contribution in [0.15, 0.2) is 42.7 Å². The normalized spacial score (nSPS) is 27.4. The maximum Gasteiger partial charge on any atom is 0.414 e. The Morgan fingerprint density at radius 2 is 2.03 bits per heavy atom. The first-order chi connectivity index (χ1) is 16.5. The second-order valence-corrected chi connectivity index (χ2v) is 8.76. The van der Waals surface area contributed by atoms with Gasteiger partial charge in [0.2, 0.25) is 5.95 Å². The van der Waals surface area contributed by atoms with Gasteiger partial charge in [0, 0.05) is 30.4 Å². The van der Waals surface area contributed by atoms with Gasteiger partial charge in [-0.2, -0.15) is 4.39 Å². The van der Waals surface area contributed by atoms with Crippen molar-refractivity contribution in [3.8, 4) is 11.1 Å². The van der Waals surface area contributed by atoms with Crippen LogP contribution in [0.1, 0.15) is 5.69 Å². The first-order valence-electron chi connectivity index (χ1n) is 10.9. The predicted octanol–water partition coefficient (Wildman–Crippen LogP) is 2.61. The molecule has 34 heavy (non-hydrogen) atoms. The summed E-state index contributed by atoms with van der Waals surface area (Å²) in [5.41, 5.74) is 1.43. The van der Waals surface area contributed by atoms with Crippen molar-refractivity contribution >= 4 is 11.8 Å². The zero-order valence-corrected chi connectivity index (χ0v) is 17.9. The lowest BCUT2D eigenvalue weighted by Crippen LogP contribution is -2.26. The molecule has 1 N–H and O–H groups in total. The number of carbonyl (C=O) groups is 1. The number of pyridine rings is 1. The molecule has 1 saturated carbocycles. The Balaban J connectivity index is 1.19. The molecule has 1 amide bonds. The number of cyclic esters (lactones) is 1. The number of aromatic nitrogens is 4. The minimum atomic E-state index is -0.643. The number of hydrogen-bond donors (Lipinski definition) is 1. The second kappa shape index (κ2) is 7.56. The predicted molar refractivity (Wildman–Crippen MR) is 115 cm³/mol. The van der Waals surface area contributed by atoms with Gasteiger partial charge >= 0.3 is 6.09 Å². The highest BCUT2D eigenvalue weighted by Gasteiger charge is 2.76. The van der Waals surface area contributed by atoms with Gasteiger partial charge in [0.05, 0.1) is 30.6 Å². The summed E-state index contributed by atoms with van der Waals surface area (Å²) < 4.78 is 34.9. The Morgan fingerprint density at radius 1 is 1.21 bits per heavy atom. The van der Waals surface area contributed by atoms with Gasteiger partial charge in [0.25, 0.3) is 5.54 Å². The number of carbonyl (C=O) groups excluding carboxylic acids is 1. The number of anilines is 1. The Hall–Kier alpha value is -3.91. The minimum Gasteiger partial charge on any atom is -0.442 e. The van der Waals surface area contributed by atoms with E-state index in [9.17, 15) is 9.18 Å². The summed E-state index contributed by atoms with van der Waals surface area (Å²) in [4.78, 5) is 22.0. The summed E-state index contributed by atoms with van der Waals surface area (Å²) >= 11 is 0. The summed E-state index contributed by atoms with van der Waals surface area (Å²) in [6.07, 6.45) is 1.28. The van der Waals surface area contributed by atoms with E-state index in [0.29, 0.717) is 16.8 Å². The van der Waals surface area contributed by atoms with Crippen molar-refractivity contribution < 1.29 is 18.3 Å².